The maximum Gasteiger partial charge on any atom is 0.192 e. The van der Waals surface area contributed by atoms with Gasteiger partial charge in [0.2, 0.25) is 0 Å². The summed E-state index contributed by atoms with van der Waals surface area (Å²) in [5.74, 6) is 0. The van der Waals surface area contributed by atoms with Gasteiger partial charge in [-0.25, -0.2) is 0 Å². The maximum atomic E-state index is 8.64. The third-order valence-corrected chi connectivity index (χ3v) is 9.19. The summed E-state index contributed by atoms with van der Waals surface area (Å²) in [5.41, 5.74) is 8.64. The largest absolute Gasteiger partial charge is 0.414 e. The molecule has 0 aliphatic carbocycles. The number of nitrogens with zero attached hydrogens (tertiary/aromatic N) is 3. The van der Waals surface area contributed by atoms with E-state index in [1.165, 1.54) is 0 Å². The van der Waals surface area contributed by atoms with Crippen LogP contribution in [0.3, 0.4) is 0 Å². The van der Waals surface area contributed by atoms with E-state index in [1.807, 2.05) is 0 Å². The summed E-state index contributed by atoms with van der Waals surface area (Å²) >= 11 is 0. The molecule has 0 N–H and O–H groups in total. The van der Waals surface area contributed by atoms with Crippen LogP contribution in [0.2, 0.25) is 18.1 Å². The quantitative estimate of drug-likeness (QED) is 0.344. The van der Waals surface area contributed by atoms with E-state index >= 15 is 0 Å². The first-order valence-corrected chi connectivity index (χ1v) is 10.1. The Balaban J connectivity index is 1.98. The van der Waals surface area contributed by atoms with Gasteiger partial charge in [-0.2, -0.15) is 0 Å². The molecule has 7 heteroatoms. The van der Waals surface area contributed by atoms with Crippen molar-refractivity contribution in [1.29, 1.82) is 0 Å². The third-order valence-electron chi connectivity index (χ3n) is 4.69. The van der Waals surface area contributed by atoms with E-state index in [-0.39, 0.29) is 29.6 Å². The van der Waals surface area contributed by atoms with E-state index in [0.29, 0.717) is 6.61 Å². The van der Waals surface area contributed by atoms with Crippen molar-refractivity contribution < 1.29 is 13.9 Å². The van der Waals surface area contributed by atoms with E-state index in [9.17, 15) is 0 Å². The van der Waals surface area contributed by atoms with Crippen molar-refractivity contribution in [3.05, 3.63) is 10.4 Å². The standard InChI is InChI=1S/C13H25N3O3Si/c1-13(2,3)20(4,5)17-8-10-12-9(15-16-14)6-7-11(18-10)19-12/h9-12H,6-8H2,1-5H3/t9-,10-,11+,12-/m1/s1. The molecule has 0 aromatic carbocycles. The predicted molar refractivity (Wildman–Crippen MR) is 78.9 cm³/mol. The highest BCUT2D eigenvalue weighted by Gasteiger charge is 2.46. The summed E-state index contributed by atoms with van der Waals surface area (Å²) in [6.07, 6.45) is 1.19. The molecule has 4 atom stereocenters. The Morgan fingerprint density at radius 2 is 2.00 bits per heavy atom. The van der Waals surface area contributed by atoms with Crippen LogP contribution in [0.1, 0.15) is 33.6 Å². The summed E-state index contributed by atoms with van der Waals surface area (Å²) in [7, 11) is -1.80. The SMILES string of the molecule is CC(C)(C)[Si](C)(C)OC[C@H]1O[C@@H]2CC[C@@H](N=[N+]=[N-])[C@H]1O2. The minimum atomic E-state index is -1.80. The average molecular weight is 299 g/mol. The highest BCUT2D eigenvalue weighted by atomic mass is 28.4. The van der Waals surface area contributed by atoms with Gasteiger partial charge in [-0.1, -0.05) is 25.9 Å². The van der Waals surface area contributed by atoms with E-state index < -0.39 is 8.32 Å². The Kier molecular flexibility index (Phi) is 4.46. The molecule has 0 aromatic heterocycles. The van der Waals surface area contributed by atoms with Crippen molar-refractivity contribution in [2.75, 3.05) is 6.61 Å². The Hall–Kier alpha value is -0.593. The summed E-state index contributed by atoms with van der Waals surface area (Å²) in [5, 5.41) is 4.01. The molecule has 2 rings (SSSR count). The minimum absolute atomic E-state index is 0.118. The van der Waals surface area contributed by atoms with E-state index in [2.05, 4.69) is 43.9 Å². The van der Waals surface area contributed by atoms with Crippen LogP contribution in [-0.4, -0.2) is 39.5 Å². The van der Waals surface area contributed by atoms with Gasteiger partial charge in [0.05, 0.1) is 18.8 Å². The van der Waals surface area contributed by atoms with Gasteiger partial charge in [-0.15, -0.1) is 0 Å². The number of azide groups is 1. The summed E-state index contributed by atoms with van der Waals surface area (Å²) in [4.78, 5) is 2.92. The second-order valence-electron chi connectivity index (χ2n) is 7.13. The summed E-state index contributed by atoms with van der Waals surface area (Å²) in [6, 6.07) is -0.133. The Morgan fingerprint density at radius 1 is 1.30 bits per heavy atom. The van der Waals surface area contributed by atoms with Crippen LogP contribution in [0, 0.1) is 0 Å². The highest BCUT2D eigenvalue weighted by molar-refractivity contribution is 6.74. The van der Waals surface area contributed by atoms with Crippen molar-refractivity contribution >= 4 is 8.32 Å². The molecule has 114 valence electrons. The maximum absolute atomic E-state index is 8.64. The van der Waals surface area contributed by atoms with Crippen LogP contribution in [0.15, 0.2) is 5.11 Å². The van der Waals surface area contributed by atoms with E-state index in [4.69, 9.17) is 19.4 Å². The summed E-state index contributed by atoms with van der Waals surface area (Å²) in [6.45, 7) is 11.6. The molecule has 2 aliphatic heterocycles. The first-order valence-electron chi connectivity index (χ1n) is 7.24. The van der Waals surface area contributed by atoms with Crippen LogP contribution >= 0.6 is 0 Å². The molecule has 0 saturated carbocycles. The van der Waals surface area contributed by atoms with Gasteiger partial charge in [0.15, 0.2) is 14.6 Å². The molecule has 0 radical (unpaired) electrons. The van der Waals surface area contributed by atoms with Crippen LogP contribution in [0.4, 0.5) is 0 Å². The number of ether oxygens (including phenoxy) is 2. The van der Waals surface area contributed by atoms with Gasteiger partial charge < -0.3 is 13.9 Å². The van der Waals surface area contributed by atoms with Crippen LogP contribution < -0.4 is 0 Å². The van der Waals surface area contributed by atoms with Crippen molar-refractivity contribution in [2.45, 2.75) is 76.3 Å². The van der Waals surface area contributed by atoms with Crippen LogP contribution in [-0.2, 0) is 13.9 Å². The fraction of sp³-hybridized carbons (Fsp3) is 1.00. The fourth-order valence-electron chi connectivity index (χ4n) is 2.34. The van der Waals surface area contributed by atoms with Crippen molar-refractivity contribution in [1.82, 2.24) is 0 Å². The molecule has 6 nitrogen and oxygen atoms in total. The number of rotatable bonds is 4. The zero-order valence-corrected chi connectivity index (χ0v) is 14.0. The van der Waals surface area contributed by atoms with Crippen LogP contribution in [0.5, 0.6) is 0 Å². The van der Waals surface area contributed by atoms with Crippen LogP contribution in [0.25, 0.3) is 10.4 Å². The van der Waals surface area contributed by atoms with Crippen molar-refractivity contribution in [3.8, 4) is 0 Å². The van der Waals surface area contributed by atoms with Gasteiger partial charge in [0.1, 0.15) is 6.10 Å². The predicted octanol–water partition coefficient (Wildman–Crippen LogP) is 3.59. The average Bonchev–Trinajstić information content (AvgIpc) is 2.67. The molecule has 0 aromatic rings. The Bertz CT molecular complexity index is 404. The molecule has 2 heterocycles. The first kappa shape index (κ1) is 15.8. The molecular weight excluding hydrogens is 274 g/mol. The Labute approximate surface area is 121 Å². The fourth-order valence-corrected chi connectivity index (χ4v) is 3.36. The van der Waals surface area contributed by atoms with Gasteiger partial charge in [0, 0.05) is 4.91 Å². The van der Waals surface area contributed by atoms with Crippen molar-refractivity contribution in [3.63, 3.8) is 0 Å². The first-order chi connectivity index (χ1) is 9.24. The zero-order chi connectivity index (χ0) is 15.0. The topological polar surface area (TPSA) is 76.5 Å². The van der Waals surface area contributed by atoms with Gasteiger partial charge >= 0.3 is 0 Å². The second kappa shape index (κ2) is 5.65. The molecule has 20 heavy (non-hydrogen) atoms. The number of hydrogen-bond acceptors (Lipinski definition) is 4. The lowest BCUT2D eigenvalue weighted by Crippen LogP contribution is -2.45. The minimum Gasteiger partial charge on any atom is -0.414 e. The molecule has 2 fully saturated rings. The monoisotopic (exact) mass is 299 g/mol. The number of fused-ring (bicyclic) bond motifs is 2. The highest BCUT2D eigenvalue weighted by Crippen LogP contribution is 2.38. The van der Waals surface area contributed by atoms with Gasteiger partial charge in [-0.3, -0.25) is 0 Å². The van der Waals surface area contributed by atoms with E-state index in [0.717, 1.165) is 12.8 Å². The molecule has 2 bridgehead atoms. The molecular formula is C13H25N3O3Si. The molecule has 2 aliphatic rings. The second-order valence-corrected chi connectivity index (χ2v) is 11.9. The van der Waals surface area contributed by atoms with Gasteiger partial charge in [0.25, 0.3) is 0 Å². The molecule has 0 unspecified atom stereocenters. The third kappa shape index (κ3) is 3.18. The summed E-state index contributed by atoms with van der Waals surface area (Å²) < 4.78 is 17.8. The van der Waals surface area contributed by atoms with Gasteiger partial charge in [-0.05, 0) is 36.5 Å². The normalized spacial score (nSPS) is 33.9. The smallest absolute Gasteiger partial charge is 0.192 e. The lowest BCUT2D eigenvalue weighted by Gasteiger charge is -2.37. The van der Waals surface area contributed by atoms with Crippen molar-refractivity contribution in [2.24, 2.45) is 5.11 Å². The Morgan fingerprint density at radius 3 is 2.60 bits per heavy atom. The molecule has 0 spiro atoms. The molecule has 2 saturated heterocycles. The lowest BCUT2D eigenvalue weighted by atomic mass is 10.0. The lowest BCUT2D eigenvalue weighted by molar-refractivity contribution is -0.0924. The molecule has 0 amide bonds. The van der Waals surface area contributed by atoms with E-state index in [1.54, 1.807) is 0 Å². The zero-order valence-electron chi connectivity index (χ0n) is 13.0. The number of hydrogen-bond donors (Lipinski definition) is 0.